The van der Waals surface area contributed by atoms with Crippen molar-refractivity contribution >= 4 is 5.78 Å². The molecule has 0 aliphatic carbocycles. The highest BCUT2D eigenvalue weighted by Crippen LogP contribution is 2.34. The van der Waals surface area contributed by atoms with Gasteiger partial charge in [0, 0.05) is 12.0 Å². The highest BCUT2D eigenvalue weighted by molar-refractivity contribution is 5.86. The average molecular weight is 278 g/mol. The van der Waals surface area contributed by atoms with Gasteiger partial charge in [-0.2, -0.15) is 5.10 Å². The first-order valence-corrected chi connectivity index (χ1v) is 7.68. The van der Waals surface area contributed by atoms with Crippen molar-refractivity contribution in [2.45, 2.75) is 53.0 Å². The molecule has 2 rings (SSSR count). The Balaban J connectivity index is 2.08. The van der Waals surface area contributed by atoms with Crippen LogP contribution in [0, 0.1) is 11.3 Å². The molecule has 1 aromatic rings. The minimum Gasteiger partial charge on any atom is -0.317 e. The fourth-order valence-corrected chi connectivity index (χ4v) is 2.99. The maximum absolute atomic E-state index is 12.7. The van der Waals surface area contributed by atoms with Crippen molar-refractivity contribution in [2.24, 2.45) is 11.3 Å². The highest BCUT2D eigenvalue weighted by atomic mass is 16.1. The third-order valence-electron chi connectivity index (χ3n) is 4.38. The minimum atomic E-state index is -0.153. The standard InChI is InChI=1S/C15H26N4O/c1-4-15(5-7-16-8-6-15)13(20)9-14-17-11-18-19(14)10-12(2)3/h11-12,16H,4-10H2,1-3H3. The van der Waals surface area contributed by atoms with E-state index in [9.17, 15) is 4.79 Å². The van der Waals surface area contributed by atoms with Gasteiger partial charge in [-0.05, 0) is 38.3 Å². The topological polar surface area (TPSA) is 59.8 Å². The van der Waals surface area contributed by atoms with E-state index in [0.717, 1.165) is 44.7 Å². The maximum Gasteiger partial charge on any atom is 0.146 e. The summed E-state index contributed by atoms with van der Waals surface area (Å²) in [4.78, 5) is 17.0. The summed E-state index contributed by atoms with van der Waals surface area (Å²) in [5.74, 6) is 1.65. The summed E-state index contributed by atoms with van der Waals surface area (Å²) < 4.78 is 1.88. The van der Waals surface area contributed by atoms with Crippen molar-refractivity contribution in [1.82, 2.24) is 20.1 Å². The molecule has 1 N–H and O–H groups in total. The Morgan fingerprint density at radius 2 is 2.15 bits per heavy atom. The van der Waals surface area contributed by atoms with Gasteiger partial charge >= 0.3 is 0 Å². The fraction of sp³-hybridized carbons (Fsp3) is 0.800. The van der Waals surface area contributed by atoms with E-state index in [1.807, 2.05) is 4.68 Å². The van der Waals surface area contributed by atoms with Gasteiger partial charge in [0.2, 0.25) is 0 Å². The van der Waals surface area contributed by atoms with Crippen molar-refractivity contribution in [3.63, 3.8) is 0 Å². The summed E-state index contributed by atoms with van der Waals surface area (Å²) in [5.41, 5.74) is -0.153. The first-order chi connectivity index (χ1) is 9.57. The number of Topliss-reactive ketones (excluding diaryl/α,β-unsaturated/α-hetero) is 1. The normalized spacial score (nSPS) is 18.4. The van der Waals surface area contributed by atoms with E-state index in [-0.39, 0.29) is 5.41 Å². The Labute approximate surface area is 121 Å². The monoisotopic (exact) mass is 278 g/mol. The summed E-state index contributed by atoms with van der Waals surface area (Å²) >= 11 is 0. The van der Waals surface area contributed by atoms with Gasteiger partial charge in [-0.25, -0.2) is 9.67 Å². The molecule has 2 heterocycles. The average Bonchev–Trinajstić information content (AvgIpc) is 2.86. The van der Waals surface area contributed by atoms with Gasteiger partial charge in [0.05, 0.1) is 6.42 Å². The zero-order chi connectivity index (χ0) is 14.6. The van der Waals surface area contributed by atoms with E-state index in [1.54, 1.807) is 6.33 Å². The summed E-state index contributed by atoms with van der Waals surface area (Å²) in [7, 11) is 0. The van der Waals surface area contributed by atoms with Gasteiger partial charge in [-0.3, -0.25) is 4.79 Å². The van der Waals surface area contributed by atoms with Gasteiger partial charge in [0.1, 0.15) is 17.9 Å². The number of aromatic nitrogens is 3. The van der Waals surface area contributed by atoms with Crippen LogP contribution in [-0.2, 0) is 17.8 Å². The van der Waals surface area contributed by atoms with Crippen molar-refractivity contribution in [2.75, 3.05) is 13.1 Å². The third kappa shape index (κ3) is 3.26. The Bertz CT molecular complexity index is 446. The first kappa shape index (κ1) is 15.2. The number of piperidine rings is 1. The molecule has 1 aromatic heterocycles. The SMILES string of the molecule is CCC1(C(=O)Cc2ncnn2CC(C)C)CCNCC1. The Morgan fingerprint density at radius 1 is 1.45 bits per heavy atom. The quantitative estimate of drug-likeness (QED) is 0.862. The second-order valence-corrected chi connectivity index (χ2v) is 6.24. The molecule has 0 amide bonds. The van der Waals surface area contributed by atoms with Gasteiger partial charge in [-0.15, -0.1) is 0 Å². The predicted octanol–water partition coefficient (Wildman–Crippen LogP) is 1.83. The third-order valence-corrected chi connectivity index (χ3v) is 4.38. The number of carbonyl (C=O) groups excluding carboxylic acids is 1. The Kier molecular flexibility index (Phi) is 4.91. The molecule has 0 spiro atoms. The summed E-state index contributed by atoms with van der Waals surface area (Å²) in [6.07, 6.45) is 4.79. The molecule has 1 fully saturated rings. The zero-order valence-electron chi connectivity index (χ0n) is 12.9. The van der Waals surface area contributed by atoms with Crippen molar-refractivity contribution in [3.8, 4) is 0 Å². The molecular weight excluding hydrogens is 252 g/mol. The van der Waals surface area contributed by atoms with Crippen molar-refractivity contribution in [1.29, 1.82) is 0 Å². The number of nitrogens with zero attached hydrogens (tertiary/aromatic N) is 3. The fourth-order valence-electron chi connectivity index (χ4n) is 2.99. The molecule has 1 aliphatic rings. The van der Waals surface area contributed by atoms with Crippen molar-refractivity contribution in [3.05, 3.63) is 12.2 Å². The van der Waals surface area contributed by atoms with E-state index >= 15 is 0 Å². The number of carbonyl (C=O) groups is 1. The van der Waals surface area contributed by atoms with Gasteiger partial charge in [0.25, 0.3) is 0 Å². The summed E-state index contributed by atoms with van der Waals surface area (Å²) in [6.45, 7) is 9.13. The van der Waals surface area contributed by atoms with Crippen LogP contribution < -0.4 is 5.32 Å². The number of hydrogen-bond acceptors (Lipinski definition) is 4. The Morgan fingerprint density at radius 3 is 2.75 bits per heavy atom. The molecule has 1 aliphatic heterocycles. The number of ketones is 1. The highest BCUT2D eigenvalue weighted by Gasteiger charge is 2.37. The van der Waals surface area contributed by atoms with E-state index in [4.69, 9.17) is 0 Å². The lowest BCUT2D eigenvalue weighted by Crippen LogP contribution is -2.42. The summed E-state index contributed by atoms with van der Waals surface area (Å²) in [6, 6.07) is 0. The lowest BCUT2D eigenvalue weighted by molar-refractivity contribution is -0.130. The number of hydrogen-bond donors (Lipinski definition) is 1. The molecular formula is C15H26N4O. The van der Waals surface area contributed by atoms with Crippen LogP contribution in [0.25, 0.3) is 0 Å². The molecule has 0 aromatic carbocycles. The molecule has 20 heavy (non-hydrogen) atoms. The molecule has 0 unspecified atom stereocenters. The molecule has 1 saturated heterocycles. The first-order valence-electron chi connectivity index (χ1n) is 7.68. The molecule has 5 heteroatoms. The van der Waals surface area contributed by atoms with Crippen LogP contribution in [0.1, 0.15) is 45.9 Å². The van der Waals surface area contributed by atoms with Gasteiger partial charge in [-0.1, -0.05) is 20.8 Å². The molecule has 0 radical (unpaired) electrons. The summed E-state index contributed by atoms with van der Waals surface area (Å²) in [5, 5.41) is 7.58. The molecule has 112 valence electrons. The van der Waals surface area contributed by atoms with E-state index in [0.29, 0.717) is 18.1 Å². The van der Waals surface area contributed by atoms with Crippen LogP contribution >= 0.6 is 0 Å². The van der Waals surface area contributed by atoms with E-state index in [2.05, 4.69) is 36.2 Å². The lowest BCUT2D eigenvalue weighted by Gasteiger charge is -2.35. The van der Waals surface area contributed by atoms with Crippen molar-refractivity contribution < 1.29 is 4.79 Å². The van der Waals surface area contributed by atoms with Crippen LogP contribution in [0.4, 0.5) is 0 Å². The molecule has 0 atom stereocenters. The number of rotatable bonds is 6. The smallest absolute Gasteiger partial charge is 0.146 e. The van der Waals surface area contributed by atoms with Gasteiger partial charge < -0.3 is 5.32 Å². The number of nitrogens with one attached hydrogen (secondary N) is 1. The minimum absolute atomic E-state index is 0.153. The second-order valence-electron chi connectivity index (χ2n) is 6.24. The largest absolute Gasteiger partial charge is 0.317 e. The van der Waals surface area contributed by atoms with Gasteiger partial charge in [0.15, 0.2) is 0 Å². The van der Waals surface area contributed by atoms with Crippen LogP contribution in [0.3, 0.4) is 0 Å². The van der Waals surface area contributed by atoms with E-state index < -0.39 is 0 Å². The Hall–Kier alpha value is -1.23. The second kappa shape index (κ2) is 6.48. The molecule has 0 bridgehead atoms. The molecule has 0 saturated carbocycles. The van der Waals surface area contributed by atoms with Crippen LogP contribution in [0.15, 0.2) is 6.33 Å². The zero-order valence-corrected chi connectivity index (χ0v) is 12.9. The maximum atomic E-state index is 12.7. The molecule has 5 nitrogen and oxygen atoms in total. The van der Waals surface area contributed by atoms with Crippen LogP contribution in [0.5, 0.6) is 0 Å². The van der Waals surface area contributed by atoms with Crippen LogP contribution in [-0.4, -0.2) is 33.6 Å². The predicted molar refractivity (Wildman–Crippen MR) is 78.4 cm³/mol. The lowest BCUT2D eigenvalue weighted by atomic mass is 9.72. The van der Waals surface area contributed by atoms with E-state index in [1.165, 1.54) is 0 Å². The van der Waals surface area contributed by atoms with Crippen LogP contribution in [0.2, 0.25) is 0 Å².